The van der Waals surface area contributed by atoms with Gasteiger partial charge < -0.3 is 9.15 Å². The number of para-hydroxylation sites is 1. The number of fused-ring (bicyclic) bond motifs is 1. The number of amides is 1. The summed E-state index contributed by atoms with van der Waals surface area (Å²) < 4.78 is 11.2. The summed E-state index contributed by atoms with van der Waals surface area (Å²) in [5, 5.41) is 8.75. The number of hydrogen-bond donors (Lipinski definition) is 2. The van der Waals surface area contributed by atoms with Gasteiger partial charge in [0.2, 0.25) is 5.89 Å². The SMILES string of the molecule is COc1ccccc1-c1ccc(-c2nc3cc(C(=O)NO)ccc3o2)cc1. The van der Waals surface area contributed by atoms with E-state index in [9.17, 15) is 4.79 Å². The molecule has 1 amide bonds. The highest BCUT2D eigenvalue weighted by molar-refractivity contribution is 5.96. The van der Waals surface area contributed by atoms with Crippen molar-refractivity contribution < 1.29 is 19.2 Å². The van der Waals surface area contributed by atoms with Crippen LogP contribution in [0.25, 0.3) is 33.7 Å². The van der Waals surface area contributed by atoms with Gasteiger partial charge in [0.05, 0.1) is 7.11 Å². The second kappa shape index (κ2) is 6.93. The van der Waals surface area contributed by atoms with Crippen molar-refractivity contribution in [2.24, 2.45) is 0 Å². The largest absolute Gasteiger partial charge is 0.496 e. The van der Waals surface area contributed by atoms with E-state index >= 15 is 0 Å². The highest BCUT2D eigenvalue weighted by atomic mass is 16.5. The molecule has 3 aromatic carbocycles. The second-order valence-electron chi connectivity index (χ2n) is 5.92. The molecule has 0 spiro atoms. The lowest BCUT2D eigenvalue weighted by molar-refractivity contribution is 0.0706. The molecule has 1 heterocycles. The Morgan fingerprint density at radius 2 is 1.78 bits per heavy atom. The molecule has 0 aliphatic carbocycles. The lowest BCUT2D eigenvalue weighted by Gasteiger charge is -2.08. The van der Waals surface area contributed by atoms with Crippen LogP contribution < -0.4 is 10.2 Å². The van der Waals surface area contributed by atoms with Crippen LogP contribution in [0.15, 0.2) is 71.1 Å². The van der Waals surface area contributed by atoms with Crippen LogP contribution in [0, 0.1) is 0 Å². The van der Waals surface area contributed by atoms with Crippen molar-refractivity contribution in [3.05, 3.63) is 72.3 Å². The van der Waals surface area contributed by atoms with E-state index in [1.807, 2.05) is 48.5 Å². The molecule has 4 rings (SSSR count). The molecule has 0 aliphatic rings. The molecule has 0 radical (unpaired) electrons. The summed E-state index contributed by atoms with van der Waals surface area (Å²) in [7, 11) is 1.65. The number of rotatable bonds is 4. The van der Waals surface area contributed by atoms with Crippen LogP contribution in [0.4, 0.5) is 0 Å². The fourth-order valence-electron chi connectivity index (χ4n) is 2.93. The first kappa shape index (κ1) is 16.8. The van der Waals surface area contributed by atoms with E-state index in [0.717, 1.165) is 22.4 Å². The third-order valence-electron chi connectivity index (χ3n) is 4.30. The summed E-state index contributed by atoms with van der Waals surface area (Å²) in [6, 6.07) is 20.4. The molecule has 27 heavy (non-hydrogen) atoms. The van der Waals surface area contributed by atoms with E-state index < -0.39 is 5.91 Å². The van der Waals surface area contributed by atoms with Crippen LogP contribution in [0.2, 0.25) is 0 Å². The molecule has 0 saturated carbocycles. The van der Waals surface area contributed by atoms with Gasteiger partial charge in [-0.05, 0) is 42.0 Å². The van der Waals surface area contributed by atoms with E-state index in [1.165, 1.54) is 0 Å². The Morgan fingerprint density at radius 3 is 2.52 bits per heavy atom. The monoisotopic (exact) mass is 360 g/mol. The van der Waals surface area contributed by atoms with Crippen molar-refractivity contribution in [1.82, 2.24) is 10.5 Å². The minimum atomic E-state index is -0.595. The number of carbonyl (C=O) groups is 1. The number of hydrogen-bond acceptors (Lipinski definition) is 5. The maximum absolute atomic E-state index is 11.5. The zero-order valence-corrected chi connectivity index (χ0v) is 14.5. The Hall–Kier alpha value is -3.64. The Kier molecular flexibility index (Phi) is 4.32. The molecular formula is C21H16N2O4. The molecule has 0 saturated heterocycles. The van der Waals surface area contributed by atoms with Crippen LogP contribution in [0.5, 0.6) is 5.75 Å². The zero-order chi connectivity index (χ0) is 18.8. The number of benzene rings is 3. The topological polar surface area (TPSA) is 84.6 Å². The molecule has 0 fully saturated rings. The average molecular weight is 360 g/mol. The fourth-order valence-corrected chi connectivity index (χ4v) is 2.93. The smallest absolute Gasteiger partial charge is 0.274 e. The molecule has 6 heteroatoms. The van der Waals surface area contributed by atoms with Crippen molar-refractivity contribution in [3.63, 3.8) is 0 Å². The molecule has 4 aromatic rings. The quantitative estimate of drug-likeness (QED) is 0.419. The Labute approximate surface area is 155 Å². The lowest BCUT2D eigenvalue weighted by Crippen LogP contribution is -2.18. The van der Waals surface area contributed by atoms with Gasteiger partial charge in [-0.1, -0.05) is 30.3 Å². The van der Waals surface area contributed by atoms with Crippen molar-refractivity contribution >= 4 is 17.0 Å². The minimum absolute atomic E-state index is 0.302. The number of hydroxylamine groups is 1. The predicted octanol–water partition coefficient (Wildman–Crippen LogP) is 4.29. The van der Waals surface area contributed by atoms with Gasteiger partial charge in [-0.25, -0.2) is 10.5 Å². The Balaban J connectivity index is 1.68. The van der Waals surface area contributed by atoms with Gasteiger partial charge in [-0.2, -0.15) is 0 Å². The minimum Gasteiger partial charge on any atom is -0.496 e. The second-order valence-corrected chi connectivity index (χ2v) is 5.92. The number of nitrogens with one attached hydrogen (secondary N) is 1. The van der Waals surface area contributed by atoms with E-state index in [2.05, 4.69) is 4.98 Å². The molecule has 0 aliphatic heterocycles. The van der Waals surface area contributed by atoms with Crippen molar-refractivity contribution in [1.29, 1.82) is 0 Å². The van der Waals surface area contributed by atoms with Crippen molar-refractivity contribution in [2.45, 2.75) is 0 Å². The highest BCUT2D eigenvalue weighted by Gasteiger charge is 2.12. The summed E-state index contributed by atoms with van der Waals surface area (Å²) in [5.74, 6) is 0.669. The first-order valence-corrected chi connectivity index (χ1v) is 8.28. The summed E-state index contributed by atoms with van der Waals surface area (Å²) in [4.78, 5) is 16.0. The Morgan fingerprint density at radius 1 is 1.04 bits per heavy atom. The van der Waals surface area contributed by atoms with E-state index in [-0.39, 0.29) is 0 Å². The highest BCUT2D eigenvalue weighted by Crippen LogP contribution is 2.32. The van der Waals surface area contributed by atoms with Crippen molar-refractivity contribution in [3.8, 4) is 28.3 Å². The van der Waals surface area contributed by atoms with Crippen LogP contribution in [0.1, 0.15) is 10.4 Å². The molecule has 2 N–H and O–H groups in total. The predicted molar refractivity (Wildman–Crippen MR) is 101 cm³/mol. The molecule has 0 unspecified atom stereocenters. The standard InChI is InChI=1S/C21H16N2O4/c1-26-18-5-3-2-4-16(18)13-6-8-14(9-7-13)21-22-17-12-15(20(24)23-25)10-11-19(17)27-21/h2-12,25H,1H3,(H,23,24). The molecule has 6 nitrogen and oxygen atoms in total. The zero-order valence-electron chi connectivity index (χ0n) is 14.5. The number of oxazole rings is 1. The van der Waals surface area contributed by atoms with Gasteiger partial charge in [0.25, 0.3) is 5.91 Å². The molecule has 134 valence electrons. The summed E-state index contributed by atoms with van der Waals surface area (Å²) >= 11 is 0. The van der Waals surface area contributed by atoms with Gasteiger partial charge in [0.1, 0.15) is 11.3 Å². The maximum atomic E-state index is 11.5. The van der Waals surface area contributed by atoms with Crippen LogP contribution in [-0.4, -0.2) is 23.2 Å². The lowest BCUT2D eigenvalue weighted by atomic mass is 10.0. The van der Waals surface area contributed by atoms with Gasteiger partial charge in [0, 0.05) is 16.7 Å². The third-order valence-corrected chi connectivity index (χ3v) is 4.30. The number of ether oxygens (including phenoxy) is 1. The summed E-state index contributed by atoms with van der Waals surface area (Å²) in [6.07, 6.45) is 0. The van der Waals surface area contributed by atoms with E-state index in [4.69, 9.17) is 14.4 Å². The fraction of sp³-hybridized carbons (Fsp3) is 0.0476. The normalized spacial score (nSPS) is 10.7. The Bertz CT molecular complexity index is 1120. The number of carbonyl (C=O) groups excluding carboxylic acids is 1. The molecular weight excluding hydrogens is 344 g/mol. The van der Waals surface area contributed by atoms with Gasteiger partial charge in [0.15, 0.2) is 5.58 Å². The van der Waals surface area contributed by atoms with Crippen LogP contribution in [-0.2, 0) is 0 Å². The summed E-state index contributed by atoms with van der Waals surface area (Å²) in [6.45, 7) is 0. The number of aromatic nitrogens is 1. The number of nitrogens with zero attached hydrogens (tertiary/aromatic N) is 1. The number of methoxy groups -OCH3 is 1. The molecule has 0 bridgehead atoms. The third kappa shape index (κ3) is 3.14. The van der Waals surface area contributed by atoms with E-state index in [1.54, 1.807) is 30.8 Å². The first-order valence-electron chi connectivity index (χ1n) is 8.28. The van der Waals surface area contributed by atoms with E-state index in [0.29, 0.717) is 22.6 Å². The first-order chi connectivity index (χ1) is 13.2. The van der Waals surface area contributed by atoms with Crippen molar-refractivity contribution in [2.75, 3.05) is 7.11 Å². The van der Waals surface area contributed by atoms with Crippen LogP contribution >= 0.6 is 0 Å². The molecule has 1 aromatic heterocycles. The van der Waals surface area contributed by atoms with Gasteiger partial charge >= 0.3 is 0 Å². The summed E-state index contributed by atoms with van der Waals surface area (Å²) in [5.41, 5.74) is 5.86. The average Bonchev–Trinajstić information content (AvgIpc) is 3.16. The maximum Gasteiger partial charge on any atom is 0.274 e. The van der Waals surface area contributed by atoms with Gasteiger partial charge in [-0.3, -0.25) is 10.0 Å². The molecule has 0 atom stereocenters. The van der Waals surface area contributed by atoms with Crippen LogP contribution in [0.3, 0.4) is 0 Å². The van der Waals surface area contributed by atoms with Gasteiger partial charge in [-0.15, -0.1) is 0 Å².